The van der Waals surface area contributed by atoms with Gasteiger partial charge in [0.2, 0.25) is 0 Å². The fraction of sp³-hybridized carbons (Fsp3) is 0.294. The topological polar surface area (TPSA) is 12.0 Å². The van der Waals surface area contributed by atoms with Crippen molar-refractivity contribution in [1.29, 1.82) is 0 Å². The molecule has 2 aromatic carbocycles. The number of fused-ring (bicyclic) bond motifs is 1. The maximum absolute atomic E-state index is 3.44. The third kappa shape index (κ3) is 1.95. The smallest absolute Gasteiger partial charge is 0.0208 e. The molecule has 0 saturated heterocycles. The number of benzene rings is 2. The number of rotatable bonds is 1. The molecule has 1 heterocycles. The fourth-order valence-electron chi connectivity index (χ4n) is 2.71. The second kappa shape index (κ2) is 4.58. The van der Waals surface area contributed by atoms with E-state index in [1.54, 1.807) is 0 Å². The van der Waals surface area contributed by atoms with Crippen molar-refractivity contribution in [3.8, 4) is 11.1 Å². The Labute approximate surface area is 109 Å². The standard InChI is InChI=1S/C17H19N/c1-12-6-7-14(10-13(12)2)16-5-3-4-15-11-18-9-8-17(15)16/h3-7,10,18H,8-9,11H2,1-2H3. The van der Waals surface area contributed by atoms with Crippen LogP contribution >= 0.6 is 0 Å². The number of hydrogen-bond acceptors (Lipinski definition) is 1. The van der Waals surface area contributed by atoms with Crippen LogP contribution in [0.2, 0.25) is 0 Å². The van der Waals surface area contributed by atoms with Crippen LogP contribution in [0.4, 0.5) is 0 Å². The van der Waals surface area contributed by atoms with Gasteiger partial charge in [0.25, 0.3) is 0 Å². The van der Waals surface area contributed by atoms with Gasteiger partial charge in [0.1, 0.15) is 0 Å². The van der Waals surface area contributed by atoms with Crippen molar-refractivity contribution in [2.75, 3.05) is 6.54 Å². The van der Waals surface area contributed by atoms with Gasteiger partial charge in [-0.15, -0.1) is 0 Å². The zero-order valence-corrected chi connectivity index (χ0v) is 11.1. The predicted molar refractivity (Wildman–Crippen MR) is 76.8 cm³/mol. The Morgan fingerprint density at radius 2 is 1.89 bits per heavy atom. The molecular weight excluding hydrogens is 218 g/mol. The van der Waals surface area contributed by atoms with E-state index in [0.717, 1.165) is 19.5 Å². The van der Waals surface area contributed by atoms with Crippen LogP contribution in [0.25, 0.3) is 11.1 Å². The SMILES string of the molecule is Cc1ccc(-c2cccc3c2CCNC3)cc1C. The minimum absolute atomic E-state index is 1.01. The molecule has 0 amide bonds. The largest absolute Gasteiger partial charge is 0.312 e. The maximum atomic E-state index is 3.44. The van der Waals surface area contributed by atoms with Crippen LogP contribution in [0.1, 0.15) is 22.3 Å². The summed E-state index contributed by atoms with van der Waals surface area (Å²) in [5, 5.41) is 3.44. The Hall–Kier alpha value is -1.60. The molecule has 0 spiro atoms. The van der Waals surface area contributed by atoms with Crippen molar-refractivity contribution in [3.63, 3.8) is 0 Å². The fourth-order valence-corrected chi connectivity index (χ4v) is 2.71. The van der Waals surface area contributed by atoms with E-state index in [9.17, 15) is 0 Å². The molecule has 1 N–H and O–H groups in total. The summed E-state index contributed by atoms with van der Waals surface area (Å²) >= 11 is 0. The van der Waals surface area contributed by atoms with Crippen LogP contribution in [0.15, 0.2) is 36.4 Å². The van der Waals surface area contributed by atoms with E-state index >= 15 is 0 Å². The predicted octanol–water partition coefficient (Wildman–Crippen LogP) is 3.62. The third-order valence-electron chi connectivity index (χ3n) is 3.96. The summed E-state index contributed by atoms with van der Waals surface area (Å²) < 4.78 is 0. The van der Waals surface area contributed by atoms with E-state index in [4.69, 9.17) is 0 Å². The van der Waals surface area contributed by atoms with Crippen LogP contribution in [0.3, 0.4) is 0 Å². The molecule has 0 fully saturated rings. The van der Waals surface area contributed by atoms with Gasteiger partial charge in [-0.2, -0.15) is 0 Å². The van der Waals surface area contributed by atoms with Crippen LogP contribution in [0, 0.1) is 13.8 Å². The number of aryl methyl sites for hydroxylation is 2. The minimum Gasteiger partial charge on any atom is -0.312 e. The van der Waals surface area contributed by atoms with E-state index < -0.39 is 0 Å². The van der Waals surface area contributed by atoms with E-state index in [-0.39, 0.29) is 0 Å². The lowest BCUT2D eigenvalue weighted by molar-refractivity contribution is 0.645. The Kier molecular flexibility index (Phi) is 2.92. The molecule has 0 unspecified atom stereocenters. The monoisotopic (exact) mass is 237 g/mol. The molecular formula is C17H19N. The highest BCUT2D eigenvalue weighted by atomic mass is 14.9. The molecule has 1 heteroatoms. The Balaban J connectivity index is 2.13. The molecule has 0 bridgehead atoms. The zero-order chi connectivity index (χ0) is 12.5. The molecule has 0 aromatic heterocycles. The molecule has 2 aromatic rings. The van der Waals surface area contributed by atoms with Crippen LogP contribution in [-0.4, -0.2) is 6.54 Å². The van der Waals surface area contributed by atoms with Gasteiger partial charge in [-0.3, -0.25) is 0 Å². The molecule has 1 aliphatic heterocycles. The van der Waals surface area contributed by atoms with E-state index in [1.807, 2.05) is 0 Å². The first kappa shape index (κ1) is 11.5. The highest BCUT2D eigenvalue weighted by Crippen LogP contribution is 2.29. The van der Waals surface area contributed by atoms with Crippen LogP contribution in [-0.2, 0) is 13.0 Å². The van der Waals surface area contributed by atoms with Crippen LogP contribution in [0.5, 0.6) is 0 Å². The lowest BCUT2D eigenvalue weighted by atomic mass is 9.90. The normalized spacial score (nSPS) is 14.3. The lowest BCUT2D eigenvalue weighted by Crippen LogP contribution is -2.24. The molecule has 1 aliphatic rings. The van der Waals surface area contributed by atoms with Crippen LogP contribution < -0.4 is 5.32 Å². The third-order valence-corrected chi connectivity index (χ3v) is 3.96. The van der Waals surface area contributed by atoms with Gasteiger partial charge in [-0.05, 0) is 60.2 Å². The van der Waals surface area contributed by atoms with Gasteiger partial charge in [0.15, 0.2) is 0 Å². The maximum Gasteiger partial charge on any atom is 0.0208 e. The van der Waals surface area contributed by atoms with Crippen molar-refractivity contribution in [1.82, 2.24) is 5.32 Å². The summed E-state index contributed by atoms with van der Waals surface area (Å²) in [6.07, 6.45) is 1.14. The minimum atomic E-state index is 1.01. The first-order chi connectivity index (χ1) is 8.75. The Morgan fingerprint density at radius 1 is 1.00 bits per heavy atom. The molecule has 1 nitrogen and oxygen atoms in total. The molecule has 18 heavy (non-hydrogen) atoms. The second-order valence-corrected chi connectivity index (χ2v) is 5.17. The number of nitrogens with one attached hydrogen (secondary N) is 1. The average Bonchev–Trinajstić information content (AvgIpc) is 2.41. The van der Waals surface area contributed by atoms with E-state index in [1.165, 1.54) is 33.4 Å². The van der Waals surface area contributed by atoms with Crippen molar-refractivity contribution < 1.29 is 0 Å². The van der Waals surface area contributed by atoms with Crippen molar-refractivity contribution in [3.05, 3.63) is 58.7 Å². The molecule has 3 rings (SSSR count). The first-order valence-electron chi connectivity index (χ1n) is 6.65. The Morgan fingerprint density at radius 3 is 2.72 bits per heavy atom. The summed E-state index contributed by atoms with van der Waals surface area (Å²) in [6, 6.07) is 13.5. The Bertz CT molecular complexity index is 584. The second-order valence-electron chi connectivity index (χ2n) is 5.17. The molecule has 0 radical (unpaired) electrons. The van der Waals surface area contributed by atoms with Gasteiger partial charge in [-0.25, -0.2) is 0 Å². The lowest BCUT2D eigenvalue weighted by Gasteiger charge is -2.20. The summed E-state index contributed by atoms with van der Waals surface area (Å²) in [5.74, 6) is 0. The van der Waals surface area contributed by atoms with Crippen molar-refractivity contribution in [2.24, 2.45) is 0 Å². The van der Waals surface area contributed by atoms with Gasteiger partial charge >= 0.3 is 0 Å². The number of hydrogen-bond donors (Lipinski definition) is 1. The van der Waals surface area contributed by atoms with E-state index in [2.05, 4.69) is 55.6 Å². The highest BCUT2D eigenvalue weighted by Gasteiger charge is 2.13. The molecule has 0 atom stereocenters. The summed E-state index contributed by atoms with van der Waals surface area (Å²) in [4.78, 5) is 0. The zero-order valence-electron chi connectivity index (χ0n) is 11.1. The van der Waals surface area contributed by atoms with Gasteiger partial charge in [-0.1, -0.05) is 36.4 Å². The summed E-state index contributed by atoms with van der Waals surface area (Å²) in [7, 11) is 0. The van der Waals surface area contributed by atoms with Crippen molar-refractivity contribution >= 4 is 0 Å². The average molecular weight is 237 g/mol. The molecule has 92 valence electrons. The first-order valence-corrected chi connectivity index (χ1v) is 6.65. The van der Waals surface area contributed by atoms with E-state index in [0.29, 0.717) is 0 Å². The van der Waals surface area contributed by atoms with Gasteiger partial charge < -0.3 is 5.32 Å². The van der Waals surface area contributed by atoms with Crippen molar-refractivity contribution in [2.45, 2.75) is 26.8 Å². The summed E-state index contributed by atoms with van der Waals surface area (Å²) in [5.41, 5.74) is 8.50. The highest BCUT2D eigenvalue weighted by molar-refractivity contribution is 5.70. The summed E-state index contributed by atoms with van der Waals surface area (Å²) in [6.45, 7) is 6.46. The van der Waals surface area contributed by atoms with Gasteiger partial charge in [0.05, 0.1) is 0 Å². The van der Waals surface area contributed by atoms with Gasteiger partial charge in [0, 0.05) is 6.54 Å². The molecule has 0 aliphatic carbocycles. The molecule has 0 saturated carbocycles. The quantitative estimate of drug-likeness (QED) is 0.799.